The van der Waals surface area contributed by atoms with Gasteiger partial charge in [0.15, 0.2) is 0 Å². The van der Waals surface area contributed by atoms with Crippen LogP contribution in [0.2, 0.25) is 0 Å². The van der Waals surface area contributed by atoms with Crippen LogP contribution in [0, 0.1) is 5.41 Å². The molecule has 0 aromatic carbocycles. The summed E-state index contributed by atoms with van der Waals surface area (Å²) in [5, 5.41) is 0. The maximum Gasteiger partial charge on any atom is 0.311 e. The number of carbonyl (C=O) groups is 2. The number of esters is 2. The third kappa shape index (κ3) is 6.94. The van der Waals surface area contributed by atoms with Crippen molar-refractivity contribution in [1.29, 1.82) is 0 Å². The first-order valence-corrected chi connectivity index (χ1v) is 5.08. The van der Waals surface area contributed by atoms with Gasteiger partial charge in [0.05, 0.1) is 12.0 Å². The standard InChI is InChI=1S/C11H20O4/c1-8(15-9(2)12)6-7-14-10(13)11(3,4)5/h8H,6-7H2,1-5H3. The predicted octanol–water partition coefficient (Wildman–Crippen LogP) is 1.92. The fraction of sp³-hybridized carbons (Fsp3) is 0.818. The molecule has 0 aliphatic carbocycles. The van der Waals surface area contributed by atoms with Crippen LogP contribution in [0.5, 0.6) is 0 Å². The third-order valence-electron chi connectivity index (χ3n) is 1.74. The van der Waals surface area contributed by atoms with Gasteiger partial charge in [-0.3, -0.25) is 9.59 Å². The third-order valence-corrected chi connectivity index (χ3v) is 1.74. The van der Waals surface area contributed by atoms with Gasteiger partial charge in [0.2, 0.25) is 0 Å². The summed E-state index contributed by atoms with van der Waals surface area (Å²) in [6.07, 6.45) is 0.316. The van der Waals surface area contributed by atoms with Crippen LogP contribution in [0.3, 0.4) is 0 Å². The predicted molar refractivity (Wildman–Crippen MR) is 56.3 cm³/mol. The Labute approximate surface area is 90.9 Å². The molecule has 0 radical (unpaired) electrons. The molecule has 0 saturated carbocycles. The van der Waals surface area contributed by atoms with E-state index >= 15 is 0 Å². The van der Waals surface area contributed by atoms with Crippen LogP contribution in [0.4, 0.5) is 0 Å². The first kappa shape index (κ1) is 13.9. The summed E-state index contributed by atoms with van der Waals surface area (Å²) in [4.78, 5) is 21.9. The van der Waals surface area contributed by atoms with Gasteiger partial charge >= 0.3 is 11.9 Å². The lowest BCUT2D eigenvalue weighted by atomic mass is 9.97. The maximum atomic E-state index is 11.3. The lowest BCUT2D eigenvalue weighted by Gasteiger charge is -2.17. The van der Waals surface area contributed by atoms with Gasteiger partial charge in [0, 0.05) is 13.3 Å². The molecule has 0 saturated heterocycles. The zero-order valence-electron chi connectivity index (χ0n) is 10.1. The Morgan fingerprint density at radius 1 is 1.27 bits per heavy atom. The van der Waals surface area contributed by atoms with Crippen molar-refractivity contribution in [3.63, 3.8) is 0 Å². The average molecular weight is 216 g/mol. The molecule has 0 heterocycles. The van der Waals surface area contributed by atoms with E-state index in [0.717, 1.165) is 0 Å². The zero-order valence-corrected chi connectivity index (χ0v) is 10.1. The van der Waals surface area contributed by atoms with Crippen molar-refractivity contribution in [3.05, 3.63) is 0 Å². The Morgan fingerprint density at radius 2 is 1.80 bits per heavy atom. The summed E-state index contributed by atoms with van der Waals surface area (Å²) in [7, 11) is 0. The van der Waals surface area contributed by atoms with Crippen LogP contribution < -0.4 is 0 Å². The molecule has 0 aromatic heterocycles. The highest BCUT2D eigenvalue weighted by atomic mass is 16.6. The van der Waals surface area contributed by atoms with Crippen molar-refractivity contribution >= 4 is 11.9 Å². The van der Waals surface area contributed by atoms with Crippen molar-refractivity contribution in [2.75, 3.05) is 6.61 Å². The number of rotatable bonds is 4. The van der Waals surface area contributed by atoms with Gasteiger partial charge in [0.25, 0.3) is 0 Å². The van der Waals surface area contributed by atoms with Crippen LogP contribution in [-0.2, 0) is 19.1 Å². The first-order chi connectivity index (χ1) is 6.73. The van der Waals surface area contributed by atoms with Crippen LogP contribution in [0.1, 0.15) is 41.0 Å². The van der Waals surface area contributed by atoms with E-state index in [0.29, 0.717) is 6.42 Å². The molecular weight excluding hydrogens is 196 g/mol. The van der Waals surface area contributed by atoms with Crippen LogP contribution >= 0.6 is 0 Å². The molecule has 0 fully saturated rings. The van der Waals surface area contributed by atoms with Crippen molar-refractivity contribution in [1.82, 2.24) is 0 Å². The quantitative estimate of drug-likeness (QED) is 0.674. The molecule has 4 heteroatoms. The molecule has 0 aliphatic heterocycles. The van der Waals surface area contributed by atoms with E-state index in [1.807, 2.05) is 0 Å². The topological polar surface area (TPSA) is 52.6 Å². The molecule has 0 amide bonds. The van der Waals surface area contributed by atoms with Crippen molar-refractivity contribution in [3.8, 4) is 0 Å². The van der Waals surface area contributed by atoms with E-state index in [2.05, 4.69) is 0 Å². The zero-order chi connectivity index (χ0) is 12.1. The number of carbonyl (C=O) groups excluding carboxylic acids is 2. The summed E-state index contributed by atoms with van der Waals surface area (Å²) in [6, 6.07) is 0. The lowest BCUT2D eigenvalue weighted by molar-refractivity contribution is -0.154. The summed E-state index contributed by atoms with van der Waals surface area (Å²) < 4.78 is 9.92. The van der Waals surface area contributed by atoms with E-state index in [9.17, 15) is 9.59 Å². The number of ether oxygens (including phenoxy) is 2. The largest absolute Gasteiger partial charge is 0.465 e. The molecule has 0 N–H and O–H groups in total. The summed E-state index contributed by atoms with van der Waals surface area (Å²) in [5.41, 5.74) is -0.481. The molecule has 1 unspecified atom stereocenters. The molecular formula is C11H20O4. The molecule has 15 heavy (non-hydrogen) atoms. The molecule has 0 aromatic rings. The summed E-state index contributed by atoms with van der Waals surface area (Å²) in [6.45, 7) is 8.80. The smallest absolute Gasteiger partial charge is 0.311 e. The van der Waals surface area contributed by atoms with Gasteiger partial charge in [0.1, 0.15) is 6.10 Å². The highest BCUT2D eigenvalue weighted by molar-refractivity contribution is 5.75. The molecule has 0 aliphatic rings. The van der Waals surface area contributed by atoms with E-state index in [4.69, 9.17) is 9.47 Å². The van der Waals surface area contributed by atoms with Gasteiger partial charge in [-0.2, -0.15) is 0 Å². The molecule has 4 nitrogen and oxygen atoms in total. The Balaban J connectivity index is 3.71. The Bertz CT molecular complexity index is 227. The maximum absolute atomic E-state index is 11.3. The van der Waals surface area contributed by atoms with Crippen LogP contribution in [0.15, 0.2) is 0 Å². The molecule has 1 atom stereocenters. The van der Waals surface area contributed by atoms with Crippen LogP contribution in [-0.4, -0.2) is 24.6 Å². The van der Waals surface area contributed by atoms with E-state index < -0.39 is 5.41 Å². The lowest BCUT2D eigenvalue weighted by Crippen LogP contribution is -2.24. The highest BCUT2D eigenvalue weighted by Gasteiger charge is 2.23. The van der Waals surface area contributed by atoms with Crippen molar-refractivity contribution in [2.24, 2.45) is 5.41 Å². The first-order valence-electron chi connectivity index (χ1n) is 5.08. The fourth-order valence-electron chi connectivity index (χ4n) is 0.876. The monoisotopic (exact) mass is 216 g/mol. The second kappa shape index (κ2) is 5.73. The number of hydrogen-bond donors (Lipinski definition) is 0. The van der Waals surface area contributed by atoms with Gasteiger partial charge in [-0.1, -0.05) is 0 Å². The molecule has 88 valence electrons. The normalized spacial score (nSPS) is 13.1. The second-order valence-electron chi connectivity index (χ2n) is 4.59. The molecule has 0 bridgehead atoms. The minimum Gasteiger partial charge on any atom is -0.465 e. The SMILES string of the molecule is CC(=O)OC(C)CCOC(=O)C(C)(C)C. The second-order valence-corrected chi connectivity index (χ2v) is 4.59. The Hall–Kier alpha value is -1.06. The summed E-state index contributed by atoms with van der Waals surface area (Å²) >= 11 is 0. The molecule has 0 spiro atoms. The van der Waals surface area contributed by atoms with Crippen molar-refractivity contribution < 1.29 is 19.1 Å². The Morgan fingerprint density at radius 3 is 2.20 bits per heavy atom. The van der Waals surface area contributed by atoms with Gasteiger partial charge < -0.3 is 9.47 Å². The molecule has 0 rings (SSSR count). The highest BCUT2D eigenvalue weighted by Crippen LogP contribution is 2.15. The van der Waals surface area contributed by atoms with Gasteiger partial charge in [-0.25, -0.2) is 0 Å². The Kier molecular flexibility index (Phi) is 5.33. The average Bonchev–Trinajstić information content (AvgIpc) is 2.00. The fourth-order valence-corrected chi connectivity index (χ4v) is 0.876. The minimum atomic E-state index is -0.481. The minimum absolute atomic E-state index is 0.213. The van der Waals surface area contributed by atoms with E-state index in [1.165, 1.54) is 6.92 Å². The number of hydrogen-bond acceptors (Lipinski definition) is 4. The van der Waals surface area contributed by atoms with Gasteiger partial charge in [-0.05, 0) is 27.7 Å². The van der Waals surface area contributed by atoms with Crippen molar-refractivity contribution in [2.45, 2.75) is 47.1 Å². The van der Waals surface area contributed by atoms with E-state index in [1.54, 1.807) is 27.7 Å². The van der Waals surface area contributed by atoms with Crippen LogP contribution in [0.25, 0.3) is 0 Å². The summed E-state index contributed by atoms with van der Waals surface area (Å²) in [5.74, 6) is -0.554. The van der Waals surface area contributed by atoms with Gasteiger partial charge in [-0.15, -0.1) is 0 Å². The van der Waals surface area contributed by atoms with E-state index in [-0.39, 0.29) is 24.6 Å².